The van der Waals surface area contributed by atoms with E-state index >= 15 is 0 Å². The number of nitrogens with one attached hydrogen (secondary N) is 1. The third kappa shape index (κ3) is 4.94. The Bertz CT molecular complexity index is 1230. The van der Waals surface area contributed by atoms with E-state index < -0.39 is 9.73 Å². The number of rotatable bonds is 6. The predicted molar refractivity (Wildman–Crippen MR) is 121 cm³/mol. The van der Waals surface area contributed by atoms with Crippen LogP contribution in [0.3, 0.4) is 0 Å². The molecule has 1 N–H and O–H groups in total. The van der Waals surface area contributed by atoms with E-state index in [1.807, 2.05) is 19.9 Å². The van der Waals surface area contributed by atoms with Crippen LogP contribution in [0.15, 0.2) is 41.0 Å². The van der Waals surface area contributed by atoms with Gasteiger partial charge in [-0.2, -0.15) is 4.36 Å². The number of hydrogen-bond acceptors (Lipinski definition) is 7. The van der Waals surface area contributed by atoms with E-state index in [9.17, 15) is 8.60 Å². The fraction of sp³-hybridized carbons (Fsp3) is 0.364. The number of benzene rings is 2. The lowest BCUT2D eigenvalue weighted by molar-refractivity contribution is 0.141. The quantitative estimate of drug-likeness (QED) is 0.591. The summed E-state index contributed by atoms with van der Waals surface area (Å²) in [5.74, 6) is 1.06. The molecular formula is C22H25FN4O3S. The molecule has 2 atom stereocenters. The maximum absolute atomic E-state index is 13.9. The third-order valence-corrected chi connectivity index (χ3v) is 6.80. The molecule has 4 rings (SSSR count). The van der Waals surface area contributed by atoms with Gasteiger partial charge < -0.3 is 14.8 Å². The number of aryl methyl sites for hydroxylation is 1. The minimum Gasteiger partial charge on any atom is -0.486 e. The molecule has 3 aromatic rings. The first-order valence-corrected chi connectivity index (χ1v) is 12.2. The Labute approximate surface area is 181 Å². The molecule has 0 amide bonds. The van der Waals surface area contributed by atoms with E-state index in [0.717, 1.165) is 17.4 Å². The first kappa shape index (κ1) is 21.5. The van der Waals surface area contributed by atoms with Gasteiger partial charge in [-0.1, -0.05) is 6.92 Å². The summed E-state index contributed by atoms with van der Waals surface area (Å²) in [5, 5.41) is 4.07. The molecule has 0 aliphatic carbocycles. The summed E-state index contributed by atoms with van der Waals surface area (Å²) in [5.41, 5.74) is 2.79. The van der Waals surface area contributed by atoms with Gasteiger partial charge in [0, 0.05) is 39.6 Å². The number of ether oxygens (including phenoxy) is 2. The van der Waals surface area contributed by atoms with Gasteiger partial charge in [0.1, 0.15) is 29.8 Å². The van der Waals surface area contributed by atoms with Crippen LogP contribution in [0.2, 0.25) is 0 Å². The maximum Gasteiger partial charge on any atom is 0.146 e. The van der Waals surface area contributed by atoms with Crippen molar-refractivity contribution < 1.29 is 18.1 Å². The average molecular weight is 445 g/mol. The van der Waals surface area contributed by atoms with Crippen LogP contribution in [0.5, 0.6) is 5.75 Å². The first-order valence-electron chi connectivity index (χ1n) is 10.1. The number of aromatic nitrogens is 2. The minimum absolute atomic E-state index is 0.113. The number of fused-ring (bicyclic) bond motifs is 1. The molecule has 164 valence electrons. The summed E-state index contributed by atoms with van der Waals surface area (Å²) in [4.78, 5) is 8.76. The summed E-state index contributed by atoms with van der Waals surface area (Å²) in [7, 11) is -2.28. The fourth-order valence-electron chi connectivity index (χ4n) is 3.42. The Kier molecular flexibility index (Phi) is 6.06. The van der Waals surface area contributed by atoms with E-state index in [1.54, 1.807) is 18.4 Å². The molecule has 2 aromatic carbocycles. The summed E-state index contributed by atoms with van der Waals surface area (Å²) in [6.07, 6.45) is 3.74. The standard InChI is InChI=1S/C22H25FN4O3S/c1-4-31(3,28)27-16-9-14(2)21-19(11-16)24-13-25-22(21)26-18-6-5-15(23)10-20(18)30-17-7-8-29-12-17/h5-6,9-11,13,17H,4,7-8,12H2,1-3H3,(H,24,25,26)/t17-,31-/m0/s1. The Morgan fingerprint density at radius 1 is 1.32 bits per heavy atom. The van der Waals surface area contributed by atoms with Crippen LogP contribution in [0.25, 0.3) is 10.9 Å². The van der Waals surface area contributed by atoms with Crippen LogP contribution >= 0.6 is 0 Å². The highest BCUT2D eigenvalue weighted by molar-refractivity contribution is 7.93. The molecule has 0 spiro atoms. The van der Waals surface area contributed by atoms with Crippen LogP contribution < -0.4 is 10.1 Å². The van der Waals surface area contributed by atoms with Gasteiger partial charge in [0.15, 0.2) is 0 Å². The molecule has 0 unspecified atom stereocenters. The maximum atomic E-state index is 13.9. The fourth-order valence-corrected chi connectivity index (χ4v) is 4.10. The Morgan fingerprint density at radius 2 is 2.16 bits per heavy atom. The molecule has 2 heterocycles. The van der Waals surface area contributed by atoms with Crippen molar-refractivity contribution in [3.63, 3.8) is 0 Å². The average Bonchev–Trinajstić information content (AvgIpc) is 3.22. The summed E-state index contributed by atoms with van der Waals surface area (Å²) in [6, 6.07) is 8.02. The van der Waals surface area contributed by atoms with Crippen molar-refractivity contribution in [2.24, 2.45) is 4.36 Å². The van der Waals surface area contributed by atoms with Crippen molar-refractivity contribution in [2.45, 2.75) is 26.4 Å². The lowest BCUT2D eigenvalue weighted by Crippen LogP contribution is -2.16. The molecule has 1 fully saturated rings. The monoisotopic (exact) mass is 444 g/mol. The topological polar surface area (TPSA) is 85.7 Å². The zero-order valence-corrected chi connectivity index (χ0v) is 18.5. The summed E-state index contributed by atoms with van der Waals surface area (Å²) in [6.45, 7) is 4.89. The number of hydrogen-bond donors (Lipinski definition) is 1. The molecule has 9 heteroatoms. The number of nitrogens with zero attached hydrogens (tertiary/aromatic N) is 3. The predicted octanol–water partition coefficient (Wildman–Crippen LogP) is 4.74. The molecule has 1 aromatic heterocycles. The van der Waals surface area contributed by atoms with E-state index in [-0.39, 0.29) is 11.9 Å². The van der Waals surface area contributed by atoms with Crippen molar-refractivity contribution in [3.05, 3.63) is 48.0 Å². The Morgan fingerprint density at radius 3 is 2.90 bits per heavy atom. The van der Waals surface area contributed by atoms with Crippen molar-refractivity contribution in [1.82, 2.24) is 9.97 Å². The SMILES string of the molecule is CC[S@](C)(=O)=Nc1cc(C)c2c(Nc3ccc(F)cc3O[C@H]3CCOC3)ncnc2c1. The van der Waals surface area contributed by atoms with Crippen molar-refractivity contribution >= 4 is 37.8 Å². The highest BCUT2D eigenvalue weighted by atomic mass is 32.2. The lowest BCUT2D eigenvalue weighted by Gasteiger charge is -2.17. The largest absolute Gasteiger partial charge is 0.486 e. The highest BCUT2D eigenvalue weighted by Gasteiger charge is 2.20. The van der Waals surface area contributed by atoms with Gasteiger partial charge >= 0.3 is 0 Å². The van der Waals surface area contributed by atoms with E-state index in [1.165, 1.54) is 18.5 Å². The van der Waals surface area contributed by atoms with Crippen LogP contribution in [0.1, 0.15) is 18.9 Å². The smallest absolute Gasteiger partial charge is 0.146 e. The zero-order valence-electron chi connectivity index (χ0n) is 17.7. The van der Waals surface area contributed by atoms with E-state index in [0.29, 0.717) is 47.4 Å². The highest BCUT2D eigenvalue weighted by Crippen LogP contribution is 2.34. The Balaban J connectivity index is 1.73. The van der Waals surface area contributed by atoms with Gasteiger partial charge in [0.25, 0.3) is 0 Å². The first-order chi connectivity index (χ1) is 14.8. The molecule has 0 bridgehead atoms. The normalized spacial score (nSPS) is 18.0. The number of anilines is 2. The lowest BCUT2D eigenvalue weighted by atomic mass is 10.1. The van der Waals surface area contributed by atoms with Gasteiger partial charge in [0.2, 0.25) is 0 Å². The van der Waals surface area contributed by atoms with Crippen molar-refractivity contribution in [2.75, 3.05) is 30.5 Å². The van der Waals surface area contributed by atoms with Gasteiger partial charge in [-0.15, -0.1) is 0 Å². The molecule has 31 heavy (non-hydrogen) atoms. The Hall–Kier alpha value is -2.78. The molecule has 0 radical (unpaired) electrons. The van der Waals surface area contributed by atoms with Crippen LogP contribution in [0.4, 0.5) is 21.6 Å². The van der Waals surface area contributed by atoms with Crippen molar-refractivity contribution in [1.29, 1.82) is 0 Å². The van der Waals surface area contributed by atoms with Crippen LogP contribution in [-0.4, -0.2) is 45.5 Å². The van der Waals surface area contributed by atoms with Gasteiger partial charge in [-0.05, 0) is 36.8 Å². The van der Waals surface area contributed by atoms with Gasteiger partial charge in [0.05, 0.1) is 30.1 Å². The zero-order chi connectivity index (χ0) is 22.0. The molecule has 7 nitrogen and oxygen atoms in total. The molecule has 1 aliphatic rings. The molecular weight excluding hydrogens is 419 g/mol. The van der Waals surface area contributed by atoms with E-state index in [2.05, 4.69) is 19.6 Å². The van der Waals surface area contributed by atoms with Crippen molar-refractivity contribution in [3.8, 4) is 5.75 Å². The second-order valence-electron chi connectivity index (χ2n) is 7.59. The molecule has 0 saturated carbocycles. The third-order valence-electron chi connectivity index (χ3n) is 5.13. The van der Waals surface area contributed by atoms with E-state index in [4.69, 9.17) is 9.47 Å². The van der Waals surface area contributed by atoms with Crippen LogP contribution in [-0.2, 0) is 14.5 Å². The number of halogens is 1. The second-order valence-corrected chi connectivity index (χ2v) is 10.3. The molecule has 1 saturated heterocycles. The molecule has 1 aliphatic heterocycles. The van der Waals surface area contributed by atoms with Gasteiger partial charge in [-0.25, -0.2) is 18.6 Å². The van der Waals surface area contributed by atoms with Gasteiger partial charge in [-0.3, -0.25) is 0 Å². The summed E-state index contributed by atoms with van der Waals surface area (Å²) < 4.78 is 42.0. The minimum atomic E-state index is -2.28. The van der Waals surface area contributed by atoms with Crippen LogP contribution in [0, 0.1) is 12.7 Å². The summed E-state index contributed by atoms with van der Waals surface area (Å²) >= 11 is 0. The second kappa shape index (κ2) is 8.76.